The summed E-state index contributed by atoms with van der Waals surface area (Å²) in [6.07, 6.45) is 9.84. The SMILES string of the molecule is COCC(=O)N1CCC[C@@H](Cc2ccnc3ccncc23)CC1. The molecule has 0 bridgehead atoms. The van der Waals surface area contributed by atoms with E-state index in [1.54, 1.807) is 13.3 Å². The van der Waals surface area contributed by atoms with E-state index < -0.39 is 0 Å². The first-order valence-corrected chi connectivity index (χ1v) is 8.22. The topological polar surface area (TPSA) is 55.3 Å². The fourth-order valence-electron chi connectivity index (χ4n) is 3.37. The fraction of sp³-hybridized carbons (Fsp3) is 0.500. The van der Waals surface area contributed by atoms with Crippen LogP contribution in [-0.4, -0.2) is 47.6 Å². The molecule has 1 saturated heterocycles. The molecule has 122 valence electrons. The lowest BCUT2D eigenvalue weighted by atomic mass is 9.92. The summed E-state index contributed by atoms with van der Waals surface area (Å²) >= 11 is 0. The Labute approximate surface area is 136 Å². The zero-order valence-corrected chi connectivity index (χ0v) is 13.6. The quantitative estimate of drug-likeness (QED) is 0.870. The summed E-state index contributed by atoms with van der Waals surface area (Å²) < 4.78 is 4.96. The van der Waals surface area contributed by atoms with E-state index in [2.05, 4.69) is 16.0 Å². The van der Waals surface area contributed by atoms with Crippen LogP contribution >= 0.6 is 0 Å². The average molecular weight is 313 g/mol. The molecule has 23 heavy (non-hydrogen) atoms. The third-order valence-electron chi connectivity index (χ3n) is 4.61. The van der Waals surface area contributed by atoms with Crippen LogP contribution in [0.25, 0.3) is 10.9 Å². The number of amides is 1. The number of likely N-dealkylation sites (tertiary alicyclic amines) is 1. The first-order valence-electron chi connectivity index (χ1n) is 8.22. The largest absolute Gasteiger partial charge is 0.375 e. The molecule has 5 heteroatoms. The van der Waals surface area contributed by atoms with Crippen LogP contribution in [0.3, 0.4) is 0 Å². The fourth-order valence-corrected chi connectivity index (χ4v) is 3.37. The molecular weight excluding hydrogens is 290 g/mol. The summed E-state index contributed by atoms with van der Waals surface area (Å²) in [6, 6.07) is 4.06. The number of carbonyl (C=O) groups is 1. The Kier molecular flexibility index (Phi) is 5.18. The van der Waals surface area contributed by atoms with E-state index in [1.807, 2.05) is 23.4 Å². The second kappa shape index (κ2) is 7.51. The van der Waals surface area contributed by atoms with Crippen molar-refractivity contribution in [2.75, 3.05) is 26.8 Å². The number of rotatable bonds is 4. The van der Waals surface area contributed by atoms with Gasteiger partial charge in [0, 0.05) is 44.2 Å². The number of aromatic nitrogens is 2. The van der Waals surface area contributed by atoms with Gasteiger partial charge in [-0.2, -0.15) is 0 Å². The number of hydrogen-bond donors (Lipinski definition) is 0. The Morgan fingerprint density at radius 3 is 3.09 bits per heavy atom. The molecule has 0 aromatic carbocycles. The Morgan fingerprint density at radius 1 is 1.30 bits per heavy atom. The van der Waals surface area contributed by atoms with E-state index in [0.717, 1.165) is 49.7 Å². The Hall–Kier alpha value is -2.01. The summed E-state index contributed by atoms with van der Waals surface area (Å²) in [5, 5.41) is 1.14. The highest BCUT2D eigenvalue weighted by molar-refractivity contribution is 5.80. The molecule has 1 amide bonds. The minimum Gasteiger partial charge on any atom is -0.375 e. The van der Waals surface area contributed by atoms with Crippen LogP contribution in [0.4, 0.5) is 0 Å². The molecule has 2 aromatic rings. The van der Waals surface area contributed by atoms with E-state index >= 15 is 0 Å². The maximum atomic E-state index is 12.0. The number of ether oxygens (including phenoxy) is 1. The van der Waals surface area contributed by atoms with Crippen LogP contribution in [0.1, 0.15) is 24.8 Å². The molecule has 0 radical (unpaired) electrons. The van der Waals surface area contributed by atoms with Crippen molar-refractivity contribution < 1.29 is 9.53 Å². The van der Waals surface area contributed by atoms with Gasteiger partial charge in [-0.25, -0.2) is 0 Å². The lowest BCUT2D eigenvalue weighted by Crippen LogP contribution is -2.34. The van der Waals surface area contributed by atoms with Crippen molar-refractivity contribution in [3.8, 4) is 0 Å². The monoisotopic (exact) mass is 313 g/mol. The number of fused-ring (bicyclic) bond motifs is 1. The van der Waals surface area contributed by atoms with Gasteiger partial charge >= 0.3 is 0 Å². The van der Waals surface area contributed by atoms with E-state index in [0.29, 0.717) is 5.92 Å². The third-order valence-corrected chi connectivity index (χ3v) is 4.61. The van der Waals surface area contributed by atoms with Gasteiger partial charge in [-0.05, 0) is 49.3 Å². The maximum Gasteiger partial charge on any atom is 0.248 e. The van der Waals surface area contributed by atoms with Gasteiger partial charge in [-0.3, -0.25) is 14.8 Å². The molecular formula is C18H23N3O2. The highest BCUT2D eigenvalue weighted by atomic mass is 16.5. The predicted octanol–water partition coefficient (Wildman–Crippen LogP) is 2.45. The van der Waals surface area contributed by atoms with Crippen LogP contribution in [0.5, 0.6) is 0 Å². The molecule has 1 atom stereocenters. The van der Waals surface area contributed by atoms with E-state index in [9.17, 15) is 4.79 Å². The molecule has 1 fully saturated rings. The second-order valence-corrected chi connectivity index (χ2v) is 6.18. The summed E-state index contributed by atoms with van der Waals surface area (Å²) in [7, 11) is 1.57. The standard InChI is InChI=1S/C18H23N3O2/c1-23-13-18(22)21-9-2-3-14(6-10-21)11-15-4-8-20-17-5-7-19-12-16(15)17/h4-5,7-8,12,14H,2-3,6,9-11,13H2,1H3/t14-/m1/s1. The van der Waals surface area contributed by atoms with Gasteiger partial charge in [0.15, 0.2) is 0 Å². The van der Waals surface area contributed by atoms with Crippen LogP contribution in [0.15, 0.2) is 30.7 Å². The van der Waals surface area contributed by atoms with Crippen molar-refractivity contribution in [3.63, 3.8) is 0 Å². The molecule has 1 aliphatic heterocycles. The zero-order valence-electron chi connectivity index (χ0n) is 13.6. The van der Waals surface area contributed by atoms with Crippen LogP contribution in [0, 0.1) is 5.92 Å². The maximum absolute atomic E-state index is 12.0. The van der Waals surface area contributed by atoms with Crippen LogP contribution < -0.4 is 0 Å². The molecule has 0 N–H and O–H groups in total. The van der Waals surface area contributed by atoms with E-state index in [4.69, 9.17) is 4.74 Å². The molecule has 0 spiro atoms. The number of carbonyl (C=O) groups excluding carboxylic acids is 1. The number of methoxy groups -OCH3 is 1. The van der Waals surface area contributed by atoms with Crippen molar-refractivity contribution in [1.29, 1.82) is 0 Å². The highest BCUT2D eigenvalue weighted by Crippen LogP contribution is 2.25. The summed E-state index contributed by atoms with van der Waals surface area (Å²) in [5.74, 6) is 0.702. The Bertz CT molecular complexity index is 669. The lowest BCUT2D eigenvalue weighted by Gasteiger charge is -2.20. The third kappa shape index (κ3) is 3.85. The zero-order chi connectivity index (χ0) is 16.1. The van der Waals surface area contributed by atoms with Crippen molar-refractivity contribution in [2.45, 2.75) is 25.7 Å². The van der Waals surface area contributed by atoms with Crippen LogP contribution in [0.2, 0.25) is 0 Å². The Morgan fingerprint density at radius 2 is 2.22 bits per heavy atom. The van der Waals surface area contributed by atoms with Gasteiger partial charge in [-0.1, -0.05) is 0 Å². The smallest absolute Gasteiger partial charge is 0.248 e. The normalized spacial score (nSPS) is 18.8. The lowest BCUT2D eigenvalue weighted by molar-refractivity contribution is -0.135. The van der Waals surface area contributed by atoms with Gasteiger partial charge in [0.05, 0.1) is 5.52 Å². The van der Waals surface area contributed by atoms with Crippen LogP contribution in [-0.2, 0) is 16.0 Å². The molecule has 2 aromatic heterocycles. The van der Waals surface area contributed by atoms with Crippen molar-refractivity contribution >= 4 is 16.8 Å². The number of nitrogens with zero attached hydrogens (tertiary/aromatic N) is 3. The minimum atomic E-state index is 0.103. The summed E-state index contributed by atoms with van der Waals surface area (Å²) in [5.41, 5.74) is 2.31. The first kappa shape index (κ1) is 15.9. The van der Waals surface area contributed by atoms with E-state index in [-0.39, 0.29) is 12.5 Å². The highest BCUT2D eigenvalue weighted by Gasteiger charge is 2.21. The molecule has 5 nitrogen and oxygen atoms in total. The minimum absolute atomic E-state index is 0.103. The molecule has 0 aliphatic carbocycles. The molecule has 0 unspecified atom stereocenters. The Balaban J connectivity index is 1.67. The van der Waals surface area contributed by atoms with Crippen molar-refractivity contribution in [2.24, 2.45) is 5.92 Å². The van der Waals surface area contributed by atoms with E-state index in [1.165, 1.54) is 5.56 Å². The number of hydrogen-bond acceptors (Lipinski definition) is 4. The predicted molar refractivity (Wildman–Crippen MR) is 89.0 cm³/mol. The van der Waals surface area contributed by atoms with Gasteiger partial charge in [0.2, 0.25) is 5.91 Å². The van der Waals surface area contributed by atoms with Gasteiger partial charge < -0.3 is 9.64 Å². The molecule has 0 saturated carbocycles. The van der Waals surface area contributed by atoms with Crippen molar-refractivity contribution in [3.05, 3.63) is 36.3 Å². The summed E-state index contributed by atoms with van der Waals surface area (Å²) in [6.45, 7) is 1.86. The average Bonchev–Trinajstić information content (AvgIpc) is 2.81. The summed E-state index contributed by atoms with van der Waals surface area (Å²) in [4.78, 5) is 22.6. The molecule has 3 rings (SSSR count). The first-order chi connectivity index (χ1) is 11.3. The second-order valence-electron chi connectivity index (χ2n) is 6.18. The molecule has 1 aliphatic rings. The number of pyridine rings is 2. The van der Waals surface area contributed by atoms with Gasteiger partial charge in [0.25, 0.3) is 0 Å². The molecule has 3 heterocycles. The van der Waals surface area contributed by atoms with Crippen molar-refractivity contribution in [1.82, 2.24) is 14.9 Å². The van der Waals surface area contributed by atoms with Gasteiger partial charge in [0.1, 0.15) is 6.61 Å². The van der Waals surface area contributed by atoms with Gasteiger partial charge in [-0.15, -0.1) is 0 Å².